The number of aliphatic hydroxyl groups is 1. The van der Waals surface area contributed by atoms with Crippen LogP contribution in [0.1, 0.15) is 34.7 Å². The lowest BCUT2D eigenvalue weighted by molar-refractivity contribution is -0.135. The van der Waals surface area contributed by atoms with Crippen molar-refractivity contribution in [2.45, 2.75) is 39.9 Å². The maximum absolute atomic E-state index is 11.5. The summed E-state index contributed by atoms with van der Waals surface area (Å²) in [4.78, 5) is 11.5. The summed E-state index contributed by atoms with van der Waals surface area (Å²) in [7, 11) is 0. The van der Waals surface area contributed by atoms with Crippen molar-refractivity contribution in [2.75, 3.05) is 0 Å². The largest absolute Gasteiger partial charge is 0.488 e. The van der Waals surface area contributed by atoms with Crippen LogP contribution < -0.4 is 10.5 Å². The van der Waals surface area contributed by atoms with Gasteiger partial charge in [0.15, 0.2) is 5.60 Å². The Morgan fingerprint density at radius 1 is 1.17 bits per heavy atom. The van der Waals surface area contributed by atoms with Crippen molar-refractivity contribution in [3.05, 3.63) is 64.2 Å². The summed E-state index contributed by atoms with van der Waals surface area (Å²) in [5.41, 5.74) is 8.09. The van der Waals surface area contributed by atoms with Gasteiger partial charge in [0.25, 0.3) is 5.91 Å². The van der Waals surface area contributed by atoms with E-state index in [9.17, 15) is 9.90 Å². The maximum atomic E-state index is 11.5. The number of ether oxygens (including phenoxy) is 1. The van der Waals surface area contributed by atoms with Crippen LogP contribution in [0.15, 0.2) is 36.4 Å². The van der Waals surface area contributed by atoms with Gasteiger partial charge in [-0.1, -0.05) is 42.0 Å². The third-order valence-corrected chi connectivity index (χ3v) is 4.00. The fraction of sp³-hybridized carbons (Fsp3) is 0.316. The molecule has 0 aliphatic heterocycles. The number of primary amides is 1. The highest BCUT2D eigenvalue weighted by molar-refractivity contribution is 5.84. The van der Waals surface area contributed by atoms with Gasteiger partial charge >= 0.3 is 0 Å². The number of rotatable bonds is 5. The Balaban J connectivity index is 2.31. The normalized spacial score (nSPS) is 13.4. The van der Waals surface area contributed by atoms with Gasteiger partial charge in [-0.25, -0.2) is 0 Å². The van der Waals surface area contributed by atoms with Crippen LogP contribution >= 0.6 is 0 Å². The van der Waals surface area contributed by atoms with Crippen molar-refractivity contribution in [3.63, 3.8) is 0 Å². The van der Waals surface area contributed by atoms with Crippen molar-refractivity contribution in [1.82, 2.24) is 0 Å². The van der Waals surface area contributed by atoms with Crippen molar-refractivity contribution in [1.29, 1.82) is 0 Å². The molecule has 2 rings (SSSR count). The molecule has 4 heteroatoms. The average molecular weight is 313 g/mol. The quantitative estimate of drug-likeness (QED) is 0.891. The number of benzene rings is 2. The van der Waals surface area contributed by atoms with Crippen molar-refractivity contribution in [2.24, 2.45) is 5.73 Å². The number of nitrogens with two attached hydrogens (primary N) is 1. The molecule has 0 aromatic heterocycles. The highest BCUT2D eigenvalue weighted by Gasteiger charge is 2.32. The lowest BCUT2D eigenvalue weighted by Gasteiger charge is -2.23. The number of hydrogen-bond acceptors (Lipinski definition) is 3. The standard InChI is InChI=1S/C19H23NO3/c1-12-9-13(2)17(14(3)10-12)23-11-15-7-5-6-8-16(15)19(4,22)18(20)21/h5-10,22H,11H2,1-4H3,(H2,20,21). The molecular formula is C19H23NO3. The van der Waals surface area contributed by atoms with Gasteiger partial charge in [0.2, 0.25) is 0 Å². The van der Waals surface area contributed by atoms with Crippen molar-refractivity contribution < 1.29 is 14.6 Å². The molecule has 122 valence electrons. The first-order valence-electron chi connectivity index (χ1n) is 7.54. The SMILES string of the molecule is Cc1cc(C)c(OCc2ccccc2C(C)(O)C(N)=O)c(C)c1. The first-order valence-corrected chi connectivity index (χ1v) is 7.54. The molecule has 4 nitrogen and oxygen atoms in total. The van der Waals surface area contributed by atoms with Gasteiger partial charge in [0.05, 0.1) is 0 Å². The Morgan fingerprint density at radius 3 is 2.30 bits per heavy atom. The van der Waals surface area contributed by atoms with E-state index < -0.39 is 11.5 Å². The Morgan fingerprint density at radius 2 is 1.74 bits per heavy atom. The maximum Gasteiger partial charge on any atom is 0.253 e. The van der Waals surface area contributed by atoms with Gasteiger partial charge in [0.1, 0.15) is 12.4 Å². The second-order valence-corrected chi connectivity index (χ2v) is 6.11. The van der Waals surface area contributed by atoms with E-state index in [2.05, 4.69) is 12.1 Å². The molecule has 1 amide bonds. The van der Waals surface area contributed by atoms with Crippen molar-refractivity contribution in [3.8, 4) is 5.75 Å². The molecule has 0 bridgehead atoms. The summed E-state index contributed by atoms with van der Waals surface area (Å²) in [5, 5.41) is 10.4. The highest BCUT2D eigenvalue weighted by atomic mass is 16.5. The molecule has 2 aromatic carbocycles. The Kier molecular flexibility index (Phi) is 4.76. The number of aryl methyl sites for hydroxylation is 3. The first kappa shape index (κ1) is 17.0. The molecule has 2 aromatic rings. The van der Waals surface area contributed by atoms with Crippen LogP contribution in [-0.2, 0) is 17.0 Å². The third kappa shape index (κ3) is 3.54. The Hall–Kier alpha value is -2.33. The minimum atomic E-state index is -1.72. The zero-order valence-corrected chi connectivity index (χ0v) is 14.0. The number of hydrogen-bond donors (Lipinski definition) is 2. The summed E-state index contributed by atoms with van der Waals surface area (Å²) >= 11 is 0. The van der Waals surface area contributed by atoms with E-state index in [1.54, 1.807) is 12.1 Å². The molecule has 0 aliphatic rings. The fourth-order valence-corrected chi connectivity index (χ4v) is 2.80. The van der Waals surface area contributed by atoms with E-state index in [1.165, 1.54) is 12.5 Å². The minimum absolute atomic E-state index is 0.254. The summed E-state index contributed by atoms with van der Waals surface area (Å²) in [6, 6.07) is 11.2. The van der Waals surface area contributed by atoms with Gasteiger partial charge in [-0.15, -0.1) is 0 Å². The summed E-state index contributed by atoms with van der Waals surface area (Å²) in [6.07, 6.45) is 0. The molecule has 23 heavy (non-hydrogen) atoms. The van der Waals surface area contributed by atoms with E-state index in [0.29, 0.717) is 5.56 Å². The average Bonchev–Trinajstić information content (AvgIpc) is 2.46. The first-order chi connectivity index (χ1) is 10.7. The Bertz CT molecular complexity index is 712. The summed E-state index contributed by atoms with van der Waals surface area (Å²) < 4.78 is 5.96. The van der Waals surface area contributed by atoms with Crippen LogP contribution in [0, 0.1) is 20.8 Å². The van der Waals surface area contributed by atoms with Gasteiger partial charge < -0.3 is 15.6 Å². The van der Waals surface area contributed by atoms with Gasteiger partial charge in [-0.3, -0.25) is 4.79 Å². The molecule has 1 unspecified atom stereocenters. The molecule has 3 N–H and O–H groups in total. The lowest BCUT2D eigenvalue weighted by Crippen LogP contribution is -2.39. The molecular weight excluding hydrogens is 290 g/mol. The van der Waals surface area contributed by atoms with Gasteiger partial charge in [0, 0.05) is 0 Å². The highest BCUT2D eigenvalue weighted by Crippen LogP contribution is 2.28. The molecule has 1 atom stereocenters. The molecule has 0 heterocycles. The zero-order valence-electron chi connectivity index (χ0n) is 14.0. The van der Waals surface area contributed by atoms with Crippen LogP contribution in [-0.4, -0.2) is 11.0 Å². The van der Waals surface area contributed by atoms with E-state index in [0.717, 1.165) is 22.4 Å². The third-order valence-electron chi connectivity index (χ3n) is 4.00. The molecule has 0 saturated carbocycles. The molecule has 0 radical (unpaired) electrons. The molecule has 0 saturated heterocycles. The minimum Gasteiger partial charge on any atom is -0.488 e. The predicted octanol–water partition coefficient (Wildman–Crippen LogP) is 2.88. The van der Waals surface area contributed by atoms with Crippen LogP contribution in [0.4, 0.5) is 0 Å². The van der Waals surface area contributed by atoms with Gasteiger partial charge in [-0.05, 0) is 49.9 Å². The van der Waals surface area contributed by atoms with E-state index in [-0.39, 0.29) is 6.61 Å². The summed E-state index contributed by atoms with van der Waals surface area (Å²) in [6.45, 7) is 7.70. The topological polar surface area (TPSA) is 72.6 Å². The fourth-order valence-electron chi connectivity index (χ4n) is 2.80. The zero-order chi connectivity index (χ0) is 17.2. The Labute approximate surface area is 136 Å². The number of carbonyl (C=O) groups excluding carboxylic acids is 1. The van der Waals surface area contributed by atoms with E-state index >= 15 is 0 Å². The predicted molar refractivity (Wildman–Crippen MR) is 90.2 cm³/mol. The monoisotopic (exact) mass is 313 g/mol. The van der Waals surface area contributed by atoms with Crippen molar-refractivity contribution >= 4 is 5.91 Å². The van der Waals surface area contributed by atoms with Crippen LogP contribution in [0.2, 0.25) is 0 Å². The molecule has 0 aliphatic carbocycles. The van der Waals surface area contributed by atoms with Crippen LogP contribution in [0.25, 0.3) is 0 Å². The second kappa shape index (κ2) is 6.42. The number of carbonyl (C=O) groups is 1. The summed E-state index contributed by atoms with van der Waals surface area (Å²) in [5.74, 6) is 0.0387. The van der Waals surface area contributed by atoms with Gasteiger partial charge in [-0.2, -0.15) is 0 Å². The number of amides is 1. The smallest absolute Gasteiger partial charge is 0.253 e. The lowest BCUT2D eigenvalue weighted by atomic mass is 9.91. The van der Waals surface area contributed by atoms with Crippen LogP contribution in [0.3, 0.4) is 0 Å². The van der Waals surface area contributed by atoms with Crippen LogP contribution in [0.5, 0.6) is 5.75 Å². The molecule has 0 spiro atoms. The second-order valence-electron chi connectivity index (χ2n) is 6.11. The molecule has 0 fully saturated rings. The van der Waals surface area contributed by atoms with E-state index in [4.69, 9.17) is 10.5 Å². The van der Waals surface area contributed by atoms with E-state index in [1.807, 2.05) is 32.9 Å².